The highest BCUT2D eigenvalue weighted by Crippen LogP contribution is 2.29. The van der Waals surface area contributed by atoms with Crippen LogP contribution in [0.15, 0.2) is 42.5 Å². The van der Waals surface area contributed by atoms with Crippen molar-refractivity contribution in [3.63, 3.8) is 0 Å². The molecule has 2 aromatic carbocycles. The van der Waals surface area contributed by atoms with E-state index in [0.29, 0.717) is 11.3 Å². The average molecular weight is 335 g/mol. The average Bonchev–Trinajstić information content (AvgIpc) is 2.55. The molecule has 2 rings (SSSR count). The molecule has 2 aromatic rings. The van der Waals surface area contributed by atoms with Crippen molar-refractivity contribution < 1.29 is 24.5 Å². The van der Waals surface area contributed by atoms with Gasteiger partial charge in [0, 0.05) is 11.8 Å². The summed E-state index contributed by atoms with van der Waals surface area (Å²) in [5.41, 5.74) is 1.04. The van der Waals surface area contributed by atoms with Gasteiger partial charge in [0.1, 0.15) is 5.75 Å². The molecule has 0 fully saturated rings. The number of alkyl halides is 1. The predicted molar refractivity (Wildman–Crippen MR) is 85.9 cm³/mol. The summed E-state index contributed by atoms with van der Waals surface area (Å²) in [4.78, 5) is 22.4. The third-order valence-corrected chi connectivity index (χ3v) is 3.89. The number of halogens is 1. The lowest BCUT2D eigenvalue weighted by Gasteiger charge is -2.16. The van der Waals surface area contributed by atoms with Gasteiger partial charge in [-0.1, -0.05) is 18.2 Å². The van der Waals surface area contributed by atoms with E-state index in [9.17, 15) is 14.7 Å². The molecule has 0 radical (unpaired) electrons. The fourth-order valence-corrected chi connectivity index (χ4v) is 2.71. The number of carbonyl (C=O) groups is 2. The van der Waals surface area contributed by atoms with Gasteiger partial charge in [-0.3, -0.25) is 0 Å². The Kier molecular flexibility index (Phi) is 5.24. The van der Waals surface area contributed by atoms with Crippen LogP contribution in [-0.2, 0) is 0 Å². The van der Waals surface area contributed by atoms with Gasteiger partial charge in [0.15, 0.2) is 0 Å². The molecule has 5 nitrogen and oxygen atoms in total. The summed E-state index contributed by atoms with van der Waals surface area (Å²) in [5, 5.41) is 18.3. The van der Waals surface area contributed by atoms with Gasteiger partial charge in [0.2, 0.25) is 0 Å². The summed E-state index contributed by atoms with van der Waals surface area (Å²) in [7, 11) is 1.57. The SMILES string of the molecule is COc1ccc(C(CCl)c2ccc(C(=O)O)c(C(=O)O)c2)cc1. The molecular formula is C17H15ClO5. The van der Waals surface area contributed by atoms with Gasteiger partial charge in [0.25, 0.3) is 0 Å². The van der Waals surface area contributed by atoms with Crippen molar-refractivity contribution in [2.24, 2.45) is 0 Å². The molecule has 0 saturated heterocycles. The van der Waals surface area contributed by atoms with Gasteiger partial charge in [-0.25, -0.2) is 9.59 Å². The van der Waals surface area contributed by atoms with Crippen LogP contribution < -0.4 is 4.74 Å². The lowest BCUT2D eigenvalue weighted by atomic mass is 9.90. The van der Waals surface area contributed by atoms with Crippen molar-refractivity contribution in [1.29, 1.82) is 0 Å². The molecule has 0 aliphatic carbocycles. The first kappa shape index (κ1) is 16.8. The highest BCUT2D eigenvalue weighted by Gasteiger charge is 2.20. The summed E-state index contributed by atoms with van der Waals surface area (Å²) < 4.78 is 5.10. The van der Waals surface area contributed by atoms with Crippen LogP contribution in [0, 0.1) is 0 Å². The van der Waals surface area contributed by atoms with Crippen LogP contribution in [-0.4, -0.2) is 35.1 Å². The van der Waals surface area contributed by atoms with E-state index in [1.54, 1.807) is 25.3 Å². The number of hydrogen-bond acceptors (Lipinski definition) is 3. The number of carboxylic acid groups (broad SMARTS) is 2. The van der Waals surface area contributed by atoms with Gasteiger partial charge in [-0.05, 0) is 35.4 Å². The Labute approximate surface area is 138 Å². The number of rotatable bonds is 6. The van der Waals surface area contributed by atoms with Crippen molar-refractivity contribution >= 4 is 23.5 Å². The van der Waals surface area contributed by atoms with Crippen LogP contribution >= 0.6 is 11.6 Å². The van der Waals surface area contributed by atoms with Crippen molar-refractivity contribution in [3.8, 4) is 5.75 Å². The van der Waals surface area contributed by atoms with E-state index in [-0.39, 0.29) is 22.9 Å². The maximum Gasteiger partial charge on any atom is 0.336 e. The monoisotopic (exact) mass is 334 g/mol. The number of ether oxygens (including phenoxy) is 1. The normalized spacial score (nSPS) is 11.7. The minimum atomic E-state index is -1.28. The summed E-state index contributed by atoms with van der Waals surface area (Å²) in [5.74, 6) is -1.87. The fourth-order valence-electron chi connectivity index (χ4n) is 2.35. The second kappa shape index (κ2) is 7.15. The molecule has 0 bridgehead atoms. The Morgan fingerprint density at radius 1 is 1.00 bits per heavy atom. The minimum Gasteiger partial charge on any atom is -0.497 e. The van der Waals surface area contributed by atoms with Gasteiger partial charge < -0.3 is 14.9 Å². The van der Waals surface area contributed by atoms with Crippen LogP contribution in [0.2, 0.25) is 0 Å². The number of hydrogen-bond donors (Lipinski definition) is 2. The Morgan fingerprint density at radius 2 is 1.57 bits per heavy atom. The number of carboxylic acids is 2. The van der Waals surface area contributed by atoms with Crippen LogP contribution in [0.25, 0.3) is 0 Å². The fraction of sp³-hybridized carbons (Fsp3) is 0.176. The molecule has 6 heteroatoms. The number of aromatic carboxylic acids is 2. The third-order valence-electron chi connectivity index (χ3n) is 3.58. The van der Waals surface area contributed by atoms with Crippen molar-refractivity contribution in [2.45, 2.75) is 5.92 Å². The van der Waals surface area contributed by atoms with E-state index in [2.05, 4.69) is 0 Å². The molecule has 0 amide bonds. The van der Waals surface area contributed by atoms with E-state index in [0.717, 1.165) is 5.56 Å². The van der Waals surface area contributed by atoms with E-state index < -0.39 is 11.9 Å². The van der Waals surface area contributed by atoms with E-state index in [1.807, 2.05) is 12.1 Å². The summed E-state index contributed by atoms with van der Waals surface area (Å²) in [6.45, 7) is 0. The maximum absolute atomic E-state index is 11.3. The number of methoxy groups -OCH3 is 1. The molecule has 0 spiro atoms. The molecule has 1 unspecified atom stereocenters. The van der Waals surface area contributed by atoms with Crippen LogP contribution in [0.5, 0.6) is 5.75 Å². The van der Waals surface area contributed by atoms with Gasteiger partial charge in [-0.15, -0.1) is 11.6 Å². The lowest BCUT2D eigenvalue weighted by molar-refractivity contribution is 0.0651. The molecule has 0 saturated carbocycles. The molecule has 2 N–H and O–H groups in total. The first-order valence-corrected chi connectivity index (χ1v) is 7.31. The predicted octanol–water partition coefficient (Wildman–Crippen LogP) is 3.46. The Bertz CT molecular complexity index is 724. The van der Waals surface area contributed by atoms with Gasteiger partial charge in [0.05, 0.1) is 18.2 Å². The van der Waals surface area contributed by atoms with Crippen LogP contribution in [0.3, 0.4) is 0 Å². The van der Waals surface area contributed by atoms with Gasteiger partial charge >= 0.3 is 11.9 Å². The first-order chi connectivity index (χ1) is 11.0. The molecule has 120 valence electrons. The quantitative estimate of drug-likeness (QED) is 0.790. The van der Waals surface area contributed by atoms with Crippen molar-refractivity contribution in [3.05, 3.63) is 64.7 Å². The minimum absolute atomic E-state index is 0.234. The van der Waals surface area contributed by atoms with Crippen molar-refractivity contribution in [1.82, 2.24) is 0 Å². The Morgan fingerprint density at radius 3 is 2.04 bits per heavy atom. The van der Waals surface area contributed by atoms with Crippen molar-refractivity contribution in [2.75, 3.05) is 13.0 Å². The highest BCUT2D eigenvalue weighted by molar-refractivity contribution is 6.18. The smallest absolute Gasteiger partial charge is 0.336 e. The van der Waals surface area contributed by atoms with Gasteiger partial charge in [-0.2, -0.15) is 0 Å². The molecule has 0 aliphatic rings. The highest BCUT2D eigenvalue weighted by atomic mass is 35.5. The Hall–Kier alpha value is -2.53. The summed E-state index contributed by atoms with van der Waals surface area (Å²) in [6, 6.07) is 11.5. The molecule has 1 atom stereocenters. The molecule has 23 heavy (non-hydrogen) atoms. The molecule has 0 heterocycles. The Balaban J connectivity index is 2.46. The molecular weight excluding hydrogens is 320 g/mol. The zero-order valence-electron chi connectivity index (χ0n) is 12.3. The van der Waals surface area contributed by atoms with E-state index >= 15 is 0 Å². The second-order valence-electron chi connectivity index (χ2n) is 4.90. The zero-order valence-corrected chi connectivity index (χ0v) is 13.1. The van der Waals surface area contributed by atoms with E-state index in [4.69, 9.17) is 21.4 Å². The summed E-state index contributed by atoms with van der Waals surface area (Å²) >= 11 is 6.05. The first-order valence-electron chi connectivity index (χ1n) is 6.78. The van der Waals surface area contributed by atoms with Crippen LogP contribution in [0.4, 0.5) is 0 Å². The zero-order chi connectivity index (χ0) is 17.0. The standard InChI is InChI=1S/C17H15ClO5/c1-23-12-5-2-10(3-6-12)15(9-18)11-4-7-13(16(19)20)14(8-11)17(21)22/h2-8,15H,9H2,1H3,(H,19,20)(H,21,22). The third kappa shape index (κ3) is 3.63. The lowest BCUT2D eigenvalue weighted by Crippen LogP contribution is -2.11. The number of benzene rings is 2. The van der Waals surface area contributed by atoms with E-state index in [1.165, 1.54) is 12.1 Å². The van der Waals surface area contributed by atoms with Crippen LogP contribution in [0.1, 0.15) is 37.8 Å². The maximum atomic E-state index is 11.3. The molecule has 0 aromatic heterocycles. The summed E-state index contributed by atoms with van der Waals surface area (Å²) in [6.07, 6.45) is 0. The molecule has 0 aliphatic heterocycles. The largest absolute Gasteiger partial charge is 0.497 e. The second-order valence-corrected chi connectivity index (χ2v) is 5.20. The topological polar surface area (TPSA) is 83.8 Å².